The number of likely N-dealkylation sites (tertiary alicyclic amines) is 1. The molecular formula is C22H22FN3O3. The molecule has 1 saturated heterocycles. The smallest absolute Gasteiger partial charge is 0.249 e. The molecule has 1 fully saturated rings. The molecule has 1 aliphatic heterocycles. The molecular weight excluding hydrogens is 373 g/mol. The predicted molar refractivity (Wildman–Crippen MR) is 105 cm³/mol. The van der Waals surface area contributed by atoms with Gasteiger partial charge in [-0.05, 0) is 61.2 Å². The first kappa shape index (κ1) is 19.1. The van der Waals surface area contributed by atoms with Crippen LogP contribution in [0.2, 0.25) is 0 Å². The molecule has 150 valence electrons. The van der Waals surface area contributed by atoms with Gasteiger partial charge in [-0.15, -0.1) is 0 Å². The summed E-state index contributed by atoms with van der Waals surface area (Å²) in [5.74, 6) is 1.39. The topological polar surface area (TPSA) is 68.5 Å². The molecule has 0 radical (unpaired) electrons. The number of ether oxygens (including phenoxy) is 1. The Morgan fingerprint density at radius 3 is 2.69 bits per heavy atom. The average Bonchev–Trinajstić information content (AvgIpc) is 3.42. The molecule has 3 aromatic rings. The van der Waals surface area contributed by atoms with Gasteiger partial charge in [-0.1, -0.05) is 17.3 Å². The van der Waals surface area contributed by atoms with Crippen LogP contribution >= 0.6 is 0 Å². The van der Waals surface area contributed by atoms with E-state index in [1.165, 1.54) is 12.1 Å². The van der Waals surface area contributed by atoms with Crippen LogP contribution in [0, 0.1) is 5.82 Å². The first-order valence-electron chi connectivity index (χ1n) is 9.66. The molecule has 0 unspecified atom stereocenters. The second-order valence-electron chi connectivity index (χ2n) is 7.06. The Labute approximate surface area is 168 Å². The Morgan fingerprint density at radius 1 is 1.21 bits per heavy atom. The lowest BCUT2D eigenvalue weighted by molar-refractivity contribution is -0.132. The maximum Gasteiger partial charge on any atom is 0.249 e. The highest BCUT2D eigenvalue weighted by Crippen LogP contribution is 2.32. The molecule has 1 aliphatic rings. The van der Waals surface area contributed by atoms with Crippen LogP contribution in [0.1, 0.15) is 36.8 Å². The van der Waals surface area contributed by atoms with E-state index in [1.54, 1.807) is 19.2 Å². The summed E-state index contributed by atoms with van der Waals surface area (Å²) < 4.78 is 23.7. The van der Waals surface area contributed by atoms with Crippen LogP contribution in [0.3, 0.4) is 0 Å². The molecule has 2 heterocycles. The number of nitrogens with zero attached hydrogens (tertiary/aromatic N) is 3. The summed E-state index contributed by atoms with van der Waals surface area (Å²) in [7, 11) is 1.63. The summed E-state index contributed by atoms with van der Waals surface area (Å²) in [5, 5.41) is 4.01. The fraction of sp³-hybridized carbons (Fsp3) is 0.318. The minimum atomic E-state index is -0.318. The van der Waals surface area contributed by atoms with Gasteiger partial charge in [-0.3, -0.25) is 4.79 Å². The zero-order valence-corrected chi connectivity index (χ0v) is 16.2. The monoisotopic (exact) mass is 395 g/mol. The number of rotatable bonds is 6. The average molecular weight is 395 g/mol. The number of carbonyl (C=O) groups is 1. The van der Waals surface area contributed by atoms with Crippen molar-refractivity contribution in [1.29, 1.82) is 0 Å². The maximum atomic E-state index is 13.1. The minimum Gasteiger partial charge on any atom is -0.497 e. The van der Waals surface area contributed by atoms with Crippen LogP contribution in [-0.4, -0.2) is 34.6 Å². The van der Waals surface area contributed by atoms with Gasteiger partial charge in [0.25, 0.3) is 0 Å². The molecule has 0 bridgehead atoms. The quantitative estimate of drug-likeness (QED) is 0.626. The Kier molecular flexibility index (Phi) is 5.55. The zero-order valence-electron chi connectivity index (χ0n) is 16.2. The lowest BCUT2D eigenvalue weighted by Gasteiger charge is -2.21. The normalized spacial score (nSPS) is 16.2. The van der Waals surface area contributed by atoms with Crippen molar-refractivity contribution in [2.45, 2.75) is 31.7 Å². The Balaban J connectivity index is 1.41. The Bertz CT molecular complexity index is 970. The molecule has 1 aromatic heterocycles. The first-order chi connectivity index (χ1) is 14.1. The lowest BCUT2D eigenvalue weighted by Crippen LogP contribution is -2.30. The number of carbonyl (C=O) groups excluding carboxylic acids is 1. The number of hydrogen-bond acceptors (Lipinski definition) is 5. The van der Waals surface area contributed by atoms with Crippen molar-refractivity contribution in [3.05, 3.63) is 65.8 Å². The molecule has 0 saturated carbocycles. The summed E-state index contributed by atoms with van der Waals surface area (Å²) in [4.78, 5) is 19.1. The fourth-order valence-corrected chi connectivity index (χ4v) is 3.60. The van der Waals surface area contributed by atoms with Crippen molar-refractivity contribution in [2.75, 3.05) is 13.7 Å². The van der Waals surface area contributed by atoms with Gasteiger partial charge >= 0.3 is 0 Å². The standard InChI is InChI=1S/C22H22FN3O3/c1-28-18-11-4-15(5-12-18)6-13-20(27)26-14-2-3-19(26)22-24-21(25-29-22)16-7-9-17(23)10-8-16/h4-5,7-12,19H,2-3,6,13-14H2,1H3/t19-/m0/s1. The van der Waals surface area contributed by atoms with Crippen molar-refractivity contribution in [1.82, 2.24) is 15.0 Å². The van der Waals surface area contributed by atoms with E-state index >= 15 is 0 Å². The van der Waals surface area contributed by atoms with Gasteiger partial charge < -0.3 is 14.2 Å². The van der Waals surface area contributed by atoms with E-state index < -0.39 is 0 Å². The lowest BCUT2D eigenvalue weighted by atomic mass is 10.1. The van der Waals surface area contributed by atoms with Gasteiger partial charge in [0.1, 0.15) is 17.6 Å². The maximum absolute atomic E-state index is 13.1. The zero-order chi connectivity index (χ0) is 20.2. The second-order valence-corrected chi connectivity index (χ2v) is 7.06. The largest absolute Gasteiger partial charge is 0.497 e. The number of benzene rings is 2. The first-order valence-corrected chi connectivity index (χ1v) is 9.66. The molecule has 1 atom stereocenters. The Morgan fingerprint density at radius 2 is 1.97 bits per heavy atom. The molecule has 2 aromatic carbocycles. The van der Waals surface area contributed by atoms with Gasteiger partial charge in [0.2, 0.25) is 17.6 Å². The third-order valence-corrected chi connectivity index (χ3v) is 5.19. The van der Waals surface area contributed by atoms with Crippen molar-refractivity contribution >= 4 is 5.91 Å². The van der Waals surface area contributed by atoms with Crippen LogP contribution in [0.15, 0.2) is 53.1 Å². The summed E-state index contributed by atoms with van der Waals surface area (Å²) in [6.07, 6.45) is 2.77. The van der Waals surface area contributed by atoms with Crippen molar-refractivity contribution < 1.29 is 18.4 Å². The number of halogens is 1. The number of methoxy groups -OCH3 is 1. The number of aromatic nitrogens is 2. The van der Waals surface area contributed by atoms with Gasteiger partial charge in [0.05, 0.1) is 7.11 Å². The Hall–Kier alpha value is -3.22. The third kappa shape index (κ3) is 4.29. The summed E-state index contributed by atoms with van der Waals surface area (Å²) in [6, 6.07) is 13.5. The summed E-state index contributed by atoms with van der Waals surface area (Å²) in [5.41, 5.74) is 1.77. The number of hydrogen-bond donors (Lipinski definition) is 0. The van der Waals surface area contributed by atoms with Gasteiger partial charge in [-0.25, -0.2) is 4.39 Å². The van der Waals surface area contributed by atoms with Gasteiger partial charge in [-0.2, -0.15) is 4.98 Å². The highest BCUT2D eigenvalue weighted by atomic mass is 19.1. The van der Waals surface area contributed by atoms with Crippen molar-refractivity contribution in [3.63, 3.8) is 0 Å². The molecule has 0 spiro atoms. The SMILES string of the molecule is COc1ccc(CCC(=O)N2CCC[C@H]2c2nc(-c3ccc(F)cc3)no2)cc1. The van der Waals surface area contributed by atoms with Crippen LogP contribution in [-0.2, 0) is 11.2 Å². The molecule has 1 amide bonds. The van der Waals surface area contributed by atoms with Crippen LogP contribution in [0.5, 0.6) is 5.75 Å². The van der Waals surface area contributed by atoms with Crippen LogP contribution in [0.25, 0.3) is 11.4 Å². The molecule has 7 heteroatoms. The van der Waals surface area contributed by atoms with Crippen LogP contribution in [0.4, 0.5) is 4.39 Å². The molecule has 6 nitrogen and oxygen atoms in total. The molecule has 0 aliphatic carbocycles. The highest BCUT2D eigenvalue weighted by Gasteiger charge is 2.33. The van der Waals surface area contributed by atoms with Crippen molar-refractivity contribution in [2.24, 2.45) is 0 Å². The van der Waals surface area contributed by atoms with E-state index in [0.717, 1.165) is 24.2 Å². The number of amides is 1. The molecule has 0 N–H and O–H groups in total. The van der Waals surface area contributed by atoms with E-state index in [0.29, 0.717) is 36.7 Å². The highest BCUT2D eigenvalue weighted by molar-refractivity contribution is 5.77. The minimum absolute atomic E-state index is 0.0739. The van der Waals surface area contributed by atoms with E-state index in [4.69, 9.17) is 9.26 Å². The van der Waals surface area contributed by atoms with E-state index in [-0.39, 0.29) is 17.8 Å². The second kappa shape index (κ2) is 8.43. The van der Waals surface area contributed by atoms with Gasteiger partial charge in [0, 0.05) is 18.5 Å². The molecule has 4 rings (SSSR count). The summed E-state index contributed by atoms with van der Waals surface area (Å²) >= 11 is 0. The van der Waals surface area contributed by atoms with Gasteiger partial charge in [0.15, 0.2) is 0 Å². The summed E-state index contributed by atoms with van der Waals surface area (Å²) in [6.45, 7) is 0.681. The van der Waals surface area contributed by atoms with E-state index in [2.05, 4.69) is 10.1 Å². The van der Waals surface area contributed by atoms with E-state index in [1.807, 2.05) is 29.2 Å². The fourth-order valence-electron chi connectivity index (χ4n) is 3.60. The molecule has 29 heavy (non-hydrogen) atoms. The predicted octanol–water partition coefficient (Wildman–Crippen LogP) is 4.18. The number of aryl methyl sites for hydroxylation is 1. The van der Waals surface area contributed by atoms with Crippen LogP contribution < -0.4 is 4.74 Å². The van der Waals surface area contributed by atoms with E-state index in [9.17, 15) is 9.18 Å². The third-order valence-electron chi connectivity index (χ3n) is 5.19. The van der Waals surface area contributed by atoms with Crippen molar-refractivity contribution in [3.8, 4) is 17.1 Å².